The lowest BCUT2D eigenvalue weighted by atomic mass is 9.90. The molecule has 0 heterocycles. The normalized spacial score (nSPS) is 13.8. The van der Waals surface area contributed by atoms with Gasteiger partial charge in [0, 0.05) is 6.92 Å². The third kappa shape index (κ3) is 9.11. The predicted octanol–water partition coefficient (Wildman–Crippen LogP) is 4.82. The van der Waals surface area contributed by atoms with Crippen molar-refractivity contribution in [1.82, 2.24) is 5.32 Å². The molecule has 0 saturated carbocycles. The molecule has 1 aromatic carbocycles. The number of carbonyl (C=O) groups excluding carboxylic acids is 2. The number of esters is 1. The largest absolute Gasteiger partial charge is 0.479 e. The van der Waals surface area contributed by atoms with Crippen molar-refractivity contribution < 1.29 is 24.2 Å². The molecule has 0 aromatic heterocycles. The van der Waals surface area contributed by atoms with E-state index in [1.54, 1.807) is 6.92 Å². The molecule has 174 valence electrons. The van der Waals surface area contributed by atoms with Gasteiger partial charge in [0.25, 0.3) is 0 Å². The van der Waals surface area contributed by atoms with Crippen LogP contribution in [0.25, 0.3) is 0 Å². The molecule has 0 radical (unpaired) electrons. The number of rotatable bonds is 15. The van der Waals surface area contributed by atoms with Crippen LogP contribution in [0, 0.1) is 0 Å². The van der Waals surface area contributed by atoms with Gasteiger partial charge in [0.05, 0.1) is 6.10 Å². The number of carbonyl (C=O) groups is 3. The smallest absolute Gasteiger partial charge is 0.343 e. The highest BCUT2D eigenvalue weighted by Crippen LogP contribution is 2.20. The molecular formula is C25H39NO5. The monoisotopic (exact) mass is 433 g/mol. The lowest BCUT2D eigenvalue weighted by Crippen LogP contribution is -2.61. The average molecular weight is 434 g/mol. The lowest BCUT2D eigenvalue weighted by Gasteiger charge is -2.29. The number of benzene rings is 1. The van der Waals surface area contributed by atoms with E-state index in [2.05, 4.69) is 24.4 Å². The summed E-state index contributed by atoms with van der Waals surface area (Å²) >= 11 is 0. The van der Waals surface area contributed by atoms with Gasteiger partial charge in [-0.1, -0.05) is 70.2 Å². The van der Waals surface area contributed by atoms with E-state index in [-0.39, 0.29) is 6.42 Å². The molecule has 0 aliphatic heterocycles. The van der Waals surface area contributed by atoms with Crippen molar-refractivity contribution in [3.8, 4) is 0 Å². The summed E-state index contributed by atoms with van der Waals surface area (Å²) in [6.07, 6.45) is 8.94. The Bertz CT molecular complexity index is 700. The van der Waals surface area contributed by atoms with Crippen molar-refractivity contribution in [2.24, 2.45) is 0 Å². The second-order valence-electron chi connectivity index (χ2n) is 8.35. The fraction of sp³-hybridized carbons (Fsp3) is 0.640. The number of carboxylic acid groups (broad SMARTS) is 1. The molecule has 2 N–H and O–H groups in total. The zero-order chi connectivity index (χ0) is 23.3. The standard InChI is InChI=1S/C25H39NO5/c1-5-7-8-9-10-11-12-21-13-15-22(16-14-21)17-18-25(23(28)29,26-20(4)27)24(30)31-19(3)6-2/h13-16,19H,5-12,17-18H2,1-4H3,(H,26,27)(H,28,29). The third-order valence-corrected chi connectivity index (χ3v) is 5.62. The first-order valence-electron chi connectivity index (χ1n) is 11.6. The third-order valence-electron chi connectivity index (χ3n) is 5.62. The molecule has 1 rings (SSSR count). The number of carboxylic acids is 1. The van der Waals surface area contributed by atoms with Crippen molar-refractivity contribution in [2.45, 2.75) is 104 Å². The van der Waals surface area contributed by atoms with Crippen molar-refractivity contribution in [3.05, 3.63) is 35.4 Å². The number of hydrogen-bond donors (Lipinski definition) is 2. The average Bonchev–Trinajstić information content (AvgIpc) is 2.73. The molecule has 6 nitrogen and oxygen atoms in total. The highest BCUT2D eigenvalue weighted by molar-refractivity contribution is 6.07. The Kier molecular flexibility index (Phi) is 11.9. The molecule has 1 aromatic rings. The summed E-state index contributed by atoms with van der Waals surface area (Å²) < 4.78 is 5.28. The number of aryl methyl sites for hydroxylation is 2. The minimum atomic E-state index is -2.09. The lowest BCUT2D eigenvalue weighted by molar-refractivity contribution is -0.168. The topological polar surface area (TPSA) is 92.7 Å². The van der Waals surface area contributed by atoms with Gasteiger partial charge in [-0.05, 0) is 50.2 Å². The Balaban J connectivity index is 2.75. The molecule has 0 spiro atoms. The van der Waals surface area contributed by atoms with Gasteiger partial charge >= 0.3 is 11.9 Å². The number of unbranched alkanes of at least 4 members (excludes halogenated alkanes) is 5. The summed E-state index contributed by atoms with van der Waals surface area (Å²) in [4.78, 5) is 36.4. The van der Waals surface area contributed by atoms with Gasteiger partial charge in [-0.2, -0.15) is 0 Å². The number of ether oxygens (including phenoxy) is 1. The maximum Gasteiger partial charge on any atom is 0.343 e. The van der Waals surface area contributed by atoms with E-state index in [1.807, 2.05) is 19.1 Å². The van der Waals surface area contributed by atoms with E-state index in [0.717, 1.165) is 18.4 Å². The Morgan fingerprint density at radius 2 is 1.52 bits per heavy atom. The SMILES string of the molecule is CCCCCCCCc1ccc(CCC(NC(C)=O)(C(=O)O)C(=O)OC(C)CC)cc1. The highest BCUT2D eigenvalue weighted by atomic mass is 16.5. The Hall–Kier alpha value is -2.37. The van der Waals surface area contributed by atoms with Crippen LogP contribution in [-0.2, 0) is 32.0 Å². The molecule has 0 saturated heterocycles. The van der Waals surface area contributed by atoms with Crippen LogP contribution in [0.15, 0.2) is 24.3 Å². The molecule has 0 aliphatic carbocycles. The van der Waals surface area contributed by atoms with Crippen molar-refractivity contribution in [3.63, 3.8) is 0 Å². The van der Waals surface area contributed by atoms with Crippen LogP contribution in [0.2, 0.25) is 0 Å². The summed E-state index contributed by atoms with van der Waals surface area (Å²) in [5, 5.41) is 12.1. The van der Waals surface area contributed by atoms with E-state index < -0.39 is 29.5 Å². The Labute approximate surface area is 186 Å². The molecule has 6 heteroatoms. The van der Waals surface area contributed by atoms with Gasteiger partial charge in [-0.25, -0.2) is 9.59 Å². The van der Waals surface area contributed by atoms with E-state index in [9.17, 15) is 19.5 Å². The molecule has 0 fully saturated rings. The zero-order valence-electron chi connectivity index (χ0n) is 19.5. The fourth-order valence-corrected chi connectivity index (χ4v) is 3.44. The second kappa shape index (κ2) is 13.8. The first kappa shape index (κ1) is 26.7. The summed E-state index contributed by atoms with van der Waals surface area (Å²) in [6, 6.07) is 8.04. The quantitative estimate of drug-likeness (QED) is 0.235. The van der Waals surface area contributed by atoms with Gasteiger partial charge in [0.15, 0.2) is 0 Å². The number of aliphatic carboxylic acids is 1. The van der Waals surface area contributed by atoms with Crippen molar-refractivity contribution in [2.75, 3.05) is 0 Å². The fourth-order valence-electron chi connectivity index (χ4n) is 3.44. The van der Waals surface area contributed by atoms with E-state index in [4.69, 9.17) is 4.74 Å². The van der Waals surface area contributed by atoms with Crippen molar-refractivity contribution in [1.29, 1.82) is 0 Å². The van der Waals surface area contributed by atoms with Gasteiger partial charge in [0.2, 0.25) is 11.4 Å². The number of nitrogens with one attached hydrogen (secondary N) is 1. The van der Waals surface area contributed by atoms with E-state index in [1.165, 1.54) is 44.6 Å². The number of amides is 1. The van der Waals surface area contributed by atoms with Crippen LogP contribution < -0.4 is 5.32 Å². The maximum atomic E-state index is 12.7. The Morgan fingerprint density at radius 1 is 0.968 bits per heavy atom. The maximum absolute atomic E-state index is 12.7. The van der Waals surface area contributed by atoms with Crippen LogP contribution in [0.5, 0.6) is 0 Å². The second-order valence-corrected chi connectivity index (χ2v) is 8.35. The molecule has 0 bridgehead atoms. The highest BCUT2D eigenvalue weighted by Gasteiger charge is 2.48. The van der Waals surface area contributed by atoms with Crippen LogP contribution >= 0.6 is 0 Å². The van der Waals surface area contributed by atoms with Gasteiger partial charge in [-0.15, -0.1) is 0 Å². The zero-order valence-corrected chi connectivity index (χ0v) is 19.5. The minimum absolute atomic E-state index is 0.0754. The molecule has 31 heavy (non-hydrogen) atoms. The first-order valence-corrected chi connectivity index (χ1v) is 11.6. The van der Waals surface area contributed by atoms with Crippen LogP contribution in [-0.4, -0.2) is 34.6 Å². The molecule has 2 atom stereocenters. The summed E-state index contributed by atoms with van der Waals surface area (Å²) in [5.41, 5.74) is 0.0766. The van der Waals surface area contributed by atoms with Crippen LogP contribution in [0.3, 0.4) is 0 Å². The van der Waals surface area contributed by atoms with E-state index >= 15 is 0 Å². The molecular weight excluding hydrogens is 394 g/mol. The van der Waals surface area contributed by atoms with Crippen molar-refractivity contribution >= 4 is 17.8 Å². The predicted molar refractivity (Wildman–Crippen MR) is 122 cm³/mol. The Morgan fingerprint density at radius 3 is 2.03 bits per heavy atom. The first-order chi connectivity index (χ1) is 14.7. The molecule has 2 unspecified atom stereocenters. The minimum Gasteiger partial charge on any atom is -0.479 e. The molecule has 1 amide bonds. The summed E-state index contributed by atoms with van der Waals surface area (Å²) in [7, 11) is 0. The van der Waals surface area contributed by atoms with E-state index in [0.29, 0.717) is 12.8 Å². The van der Waals surface area contributed by atoms with Crippen LogP contribution in [0.4, 0.5) is 0 Å². The van der Waals surface area contributed by atoms with Crippen LogP contribution in [0.1, 0.15) is 90.2 Å². The summed E-state index contributed by atoms with van der Waals surface area (Å²) in [6.45, 7) is 6.95. The van der Waals surface area contributed by atoms with Gasteiger partial charge in [-0.3, -0.25) is 4.79 Å². The molecule has 0 aliphatic rings. The van der Waals surface area contributed by atoms with Gasteiger partial charge in [0.1, 0.15) is 0 Å². The van der Waals surface area contributed by atoms with Gasteiger partial charge < -0.3 is 15.2 Å². The number of hydrogen-bond acceptors (Lipinski definition) is 4. The summed E-state index contributed by atoms with van der Waals surface area (Å²) in [5.74, 6) is -2.92.